The molecule has 2 N–H and O–H groups in total. The van der Waals surface area contributed by atoms with Gasteiger partial charge in [-0.1, -0.05) is 11.6 Å². The molecule has 0 aliphatic carbocycles. The highest BCUT2D eigenvalue weighted by Crippen LogP contribution is 2.28. The van der Waals surface area contributed by atoms with Crippen LogP contribution in [0.15, 0.2) is 12.1 Å². The molecule has 0 bridgehead atoms. The van der Waals surface area contributed by atoms with Gasteiger partial charge < -0.3 is 10.5 Å². The van der Waals surface area contributed by atoms with E-state index >= 15 is 0 Å². The molecule has 0 heterocycles. The molecule has 0 amide bonds. The predicted molar refractivity (Wildman–Crippen MR) is 59.9 cm³/mol. The molecule has 0 aromatic heterocycles. The Labute approximate surface area is 94.2 Å². The van der Waals surface area contributed by atoms with E-state index in [1.54, 1.807) is 6.07 Å². The van der Waals surface area contributed by atoms with E-state index < -0.39 is 0 Å². The monoisotopic (exact) mass is 231 g/mol. The Morgan fingerprint density at radius 1 is 1.53 bits per heavy atom. The molecular formula is C11H15ClFNO. The lowest BCUT2D eigenvalue weighted by Crippen LogP contribution is -2.18. The van der Waals surface area contributed by atoms with Crippen LogP contribution in [0, 0.1) is 5.82 Å². The molecule has 0 aliphatic heterocycles. The SMILES string of the molecule is CCOc1cc(F)c(CC(C)N)cc1Cl. The van der Waals surface area contributed by atoms with Gasteiger partial charge in [-0.15, -0.1) is 0 Å². The van der Waals surface area contributed by atoms with Crippen molar-refractivity contribution in [3.63, 3.8) is 0 Å². The summed E-state index contributed by atoms with van der Waals surface area (Å²) in [5.41, 5.74) is 6.13. The topological polar surface area (TPSA) is 35.2 Å². The smallest absolute Gasteiger partial charge is 0.140 e. The first-order valence-electron chi connectivity index (χ1n) is 4.91. The van der Waals surface area contributed by atoms with Crippen molar-refractivity contribution in [1.82, 2.24) is 0 Å². The lowest BCUT2D eigenvalue weighted by molar-refractivity contribution is 0.338. The third-order valence-corrected chi connectivity index (χ3v) is 2.24. The summed E-state index contributed by atoms with van der Waals surface area (Å²) in [4.78, 5) is 0. The van der Waals surface area contributed by atoms with Crippen molar-refractivity contribution in [2.75, 3.05) is 6.61 Å². The minimum absolute atomic E-state index is 0.0893. The van der Waals surface area contributed by atoms with Crippen molar-refractivity contribution in [1.29, 1.82) is 0 Å². The second kappa shape index (κ2) is 5.33. The first-order valence-corrected chi connectivity index (χ1v) is 5.28. The standard InChI is InChI=1S/C11H15ClFNO/c1-3-15-11-6-10(13)8(4-7(2)14)5-9(11)12/h5-7H,3-4,14H2,1-2H3. The number of ether oxygens (including phenoxy) is 1. The van der Waals surface area contributed by atoms with Crippen molar-refractivity contribution < 1.29 is 9.13 Å². The van der Waals surface area contributed by atoms with Crippen LogP contribution in [0.1, 0.15) is 19.4 Å². The summed E-state index contributed by atoms with van der Waals surface area (Å²) in [7, 11) is 0. The predicted octanol–water partition coefficient (Wildman–Crippen LogP) is 2.77. The largest absolute Gasteiger partial charge is 0.492 e. The van der Waals surface area contributed by atoms with Gasteiger partial charge >= 0.3 is 0 Å². The molecule has 0 radical (unpaired) electrons. The molecule has 2 nitrogen and oxygen atoms in total. The summed E-state index contributed by atoms with van der Waals surface area (Å²) in [5.74, 6) is 0.0604. The zero-order valence-corrected chi connectivity index (χ0v) is 9.64. The number of nitrogens with two attached hydrogens (primary N) is 1. The molecule has 1 aromatic rings. The van der Waals surface area contributed by atoms with Crippen molar-refractivity contribution >= 4 is 11.6 Å². The van der Waals surface area contributed by atoms with Crippen molar-refractivity contribution in [2.45, 2.75) is 26.3 Å². The number of hydrogen-bond acceptors (Lipinski definition) is 2. The Hall–Kier alpha value is -0.800. The normalized spacial score (nSPS) is 12.6. The summed E-state index contributed by atoms with van der Waals surface area (Å²) in [6.07, 6.45) is 0.470. The molecule has 0 aliphatic rings. The molecule has 1 rings (SSSR count). The molecule has 0 fully saturated rings. The molecule has 1 aromatic carbocycles. The van der Waals surface area contributed by atoms with E-state index in [1.165, 1.54) is 6.07 Å². The van der Waals surface area contributed by atoms with Crippen LogP contribution >= 0.6 is 11.6 Å². The summed E-state index contributed by atoms with van der Waals surface area (Å²) >= 11 is 5.93. The molecule has 0 saturated heterocycles. The summed E-state index contributed by atoms with van der Waals surface area (Å²) in [6.45, 7) is 4.11. The van der Waals surface area contributed by atoms with Crippen LogP contribution in [0.4, 0.5) is 4.39 Å². The molecule has 84 valence electrons. The van der Waals surface area contributed by atoms with Crippen LogP contribution < -0.4 is 10.5 Å². The molecular weight excluding hydrogens is 217 g/mol. The second-order valence-corrected chi connectivity index (χ2v) is 3.90. The van der Waals surface area contributed by atoms with Gasteiger partial charge in [0.15, 0.2) is 0 Å². The van der Waals surface area contributed by atoms with Crippen molar-refractivity contribution in [3.05, 3.63) is 28.5 Å². The first-order chi connectivity index (χ1) is 7.04. The van der Waals surface area contributed by atoms with E-state index in [0.717, 1.165) is 0 Å². The molecule has 4 heteroatoms. The van der Waals surface area contributed by atoms with Crippen LogP contribution in [0.25, 0.3) is 0 Å². The van der Waals surface area contributed by atoms with Gasteiger partial charge in [-0.3, -0.25) is 0 Å². The highest BCUT2D eigenvalue weighted by molar-refractivity contribution is 6.32. The van der Waals surface area contributed by atoms with Gasteiger partial charge in [0, 0.05) is 12.1 Å². The minimum Gasteiger partial charge on any atom is -0.492 e. The fourth-order valence-corrected chi connectivity index (χ4v) is 1.58. The summed E-state index contributed by atoms with van der Waals surface area (Å²) < 4.78 is 18.7. The third kappa shape index (κ3) is 3.36. The highest BCUT2D eigenvalue weighted by Gasteiger charge is 2.10. The lowest BCUT2D eigenvalue weighted by atomic mass is 10.1. The molecule has 15 heavy (non-hydrogen) atoms. The van der Waals surface area contributed by atoms with Gasteiger partial charge in [-0.25, -0.2) is 4.39 Å². The fraction of sp³-hybridized carbons (Fsp3) is 0.455. The van der Waals surface area contributed by atoms with E-state index in [2.05, 4.69) is 0 Å². The van der Waals surface area contributed by atoms with Gasteiger partial charge in [-0.2, -0.15) is 0 Å². The third-order valence-electron chi connectivity index (χ3n) is 1.94. The molecule has 0 saturated carbocycles. The Balaban J connectivity index is 2.97. The quantitative estimate of drug-likeness (QED) is 0.865. The Morgan fingerprint density at radius 2 is 2.20 bits per heavy atom. The molecule has 1 unspecified atom stereocenters. The van der Waals surface area contributed by atoms with Crippen LogP contribution in [0.3, 0.4) is 0 Å². The van der Waals surface area contributed by atoms with E-state index in [4.69, 9.17) is 22.1 Å². The Bertz CT molecular complexity index is 342. The van der Waals surface area contributed by atoms with Crippen LogP contribution in [0.5, 0.6) is 5.75 Å². The zero-order chi connectivity index (χ0) is 11.4. The number of rotatable bonds is 4. The summed E-state index contributed by atoms with van der Waals surface area (Å²) in [6, 6.07) is 2.79. The van der Waals surface area contributed by atoms with E-state index in [9.17, 15) is 4.39 Å². The summed E-state index contributed by atoms with van der Waals surface area (Å²) in [5, 5.41) is 0.425. The average Bonchev–Trinajstić information content (AvgIpc) is 2.13. The van der Waals surface area contributed by atoms with Crippen LogP contribution in [-0.4, -0.2) is 12.6 Å². The minimum atomic E-state index is -0.319. The maximum atomic E-state index is 13.5. The number of hydrogen-bond donors (Lipinski definition) is 1. The van der Waals surface area contributed by atoms with E-state index in [-0.39, 0.29) is 11.9 Å². The number of halogens is 2. The van der Waals surface area contributed by atoms with Gasteiger partial charge in [-0.05, 0) is 31.9 Å². The van der Waals surface area contributed by atoms with Crippen LogP contribution in [0.2, 0.25) is 5.02 Å². The van der Waals surface area contributed by atoms with Gasteiger partial charge in [0.05, 0.1) is 11.6 Å². The maximum Gasteiger partial charge on any atom is 0.140 e. The second-order valence-electron chi connectivity index (χ2n) is 3.49. The van der Waals surface area contributed by atoms with E-state index in [1.807, 2.05) is 13.8 Å². The highest BCUT2D eigenvalue weighted by atomic mass is 35.5. The van der Waals surface area contributed by atoms with Gasteiger partial charge in [0.1, 0.15) is 11.6 Å². The average molecular weight is 232 g/mol. The van der Waals surface area contributed by atoms with Crippen molar-refractivity contribution in [2.24, 2.45) is 5.73 Å². The first kappa shape index (κ1) is 12.3. The fourth-order valence-electron chi connectivity index (χ4n) is 1.34. The number of benzene rings is 1. The Morgan fingerprint density at radius 3 is 2.73 bits per heavy atom. The lowest BCUT2D eigenvalue weighted by Gasteiger charge is -2.10. The zero-order valence-electron chi connectivity index (χ0n) is 8.89. The van der Waals surface area contributed by atoms with Gasteiger partial charge in [0.25, 0.3) is 0 Å². The maximum absolute atomic E-state index is 13.5. The van der Waals surface area contributed by atoms with E-state index in [0.29, 0.717) is 29.4 Å². The molecule has 0 spiro atoms. The van der Waals surface area contributed by atoms with Gasteiger partial charge in [0.2, 0.25) is 0 Å². The molecule has 1 atom stereocenters. The Kier molecular flexibility index (Phi) is 4.36. The van der Waals surface area contributed by atoms with Crippen LogP contribution in [-0.2, 0) is 6.42 Å². The van der Waals surface area contributed by atoms with Crippen molar-refractivity contribution in [3.8, 4) is 5.75 Å².